The molecule has 0 aliphatic heterocycles. The van der Waals surface area contributed by atoms with Crippen LogP contribution in [0.4, 0.5) is 0 Å². The average Bonchev–Trinajstić information content (AvgIpc) is 2.77. The molecule has 4 rings (SSSR count). The fourth-order valence-electron chi connectivity index (χ4n) is 3.23. The lowest BCUT2D eigenvalue weighted by Gasteiger charge is -2.11. The lowest BCUT2D eigenvalue weighted by molar-refractivity contribution is 0.0950. The van der Waals surface area contributed by atoms with Crippen molar-refractivity contribution in [3.8, 4) is 11.1 Å². The van der Waals surface area contributed by atoms with Crippen molar-refractivity contribution in [2.45, 2.75) is 13.1 Å². The van der Waals surface area contributed by atoms with E-state index in [1.54, 1.807) is 24.3 Å². The standard InChI is InChI=1S/C23H20N4O2/c24-13-15-9-11-16(12-10-15)17-5-1-2-6-18(17)22(28)25-14-21-26-20-8-4-3-7-19(20)23(29)27-21/h1-12H,13-14,24H2,(H,25,28)(H,26,27,29). The first-order valence-electron chi connectivity index (χ1n) is 9.30. The largest absolute Gasteiger partial charge is 0.345 e. The molecule has 144 valence electrons. The Morgan fingerprint density at radius 2 is 1.69 bits per heavy atom. The summed E-state index contributed by atoms with van der Waals surface area (Å²) in [5.74, 6) is 0.172. The molecule has 0 bridgehead atoms. The Morgan fingerprint density at radius 1 is 0.966 bits per heavy atom. The number of nitrogens with one attached hydrogen (secondary N) is 2. The summed E-state index contributed by atoms with van der Waals surface area (Å²) in [5, 5.41) is 3.37. The highest BCUT2D eigenvalue weighted by Gasteiger charge is 2.13. The number of hydrogen-bond acceptors (Lipinski definition) is 4. The van der Waals surface area contributed by atoms with Crippen molar-refractivity contribution < 1.29 is 4.79 Å². The summed E-state index contributed by atoms with van der Waals surface area (Å²) in [6, 6.07) is 22.3. The van der Waals surface area contributed by atoms with Crippen LogP contribution in [0.15, 0.2) is 77.6 Å². The van der Waals surface area contributed by atoms with Crippen LogP contribution in [0.25, 0.3) is 22.0 Å². The molecule has 0 spiro atoms. The molecule has 6 heteroatoms. The summed E-state index contributed by atoms with van der Waals surface area (Å²) in [6.45, 7) is 0.596. The van der Waals surface area contributed by atoms with Crippen molar-refractivity contribution in [1.29, 1.82) is 0 Å². The predicted octanol–water partition coefficient (Wildman–Crippen LogP) is 2.98. The van der Waals surface area contributed by atoms with Crippen molar-refractivity contribution in [3.63, 3.8) is 0 Å². The molecule has 29 heavy (non-hydrogen) atoms. The van der Waals surface area contributed by atoms with E-state index >= 15 is 0 Å². The van der Waals surface area contributed by atoms with Gasteiger partial charge in [0.15, 0.2) is 0 Å². The van der Waals surface area contributed by atoms with Crippen molar-refractivity contribution in [2.24, 2.45) is 5.73 Å². The number of nitrogens with two attached hydrogens (primary N) is 1. The molecule has 0 aliphatic rings. The van der Waals surface area contributed by atoms with Crippen LogP contribution in [0.5, 0.6) is 0 Å². The Balaban J connectivity index is 1.57. The van der Waals surface area contributed by atoms with E-state index in [1.807, 2.05) is 48.5 Å². The number of rotatable bonds is 5. The second-order valence-electron chi connectivity index (χ2n) is 6.66. The normalized spacial score (nSPS) is 10.8. The topological polar surface area (TPSA) is 101 Å². The number of H-pyrrole nitrogens is 1. The summed E-state index contributed by atoms with van der Waals surface area (Å²) in [7, 11) is 0. The van der Waals surface area contributed by atoms with Crippen molar-refractivity contribution >= 4 is 16.8 Å². The van der Waals surface area contributed by atoms with E-state index in [2.05, 4.69) is 15.3 Å². The average molecular weight is 384 g/mol. The molecule has 4 aromatic rings. The van der Waals surface area contributed by atoms with E-state index in [0.717, 1.165) is 16.7 Å². The number of carbonyl (C=O) groups is 1. The highest BCUT2D eigenvalue weighted by Crippen LogP contribution is 2.24. The van der Waals surface area contributed by atoms with Gasteiger partial charge in [0.25, 0.3) is 11.5 Å². The number of benzene rings is 3. The Morgan fingerprint density at radius 3 is 2.48 bits per heavy atom. The highest BCUT2D eigenvalue weighted by atomic mass is 16.1. The van der Waals surface area contributed by atoms with E-state index in [9.17, 15) is 9.59 Å². The van der Waals surface area contributed by atoms with Crippen LogP contribution in [-0.4, -0.2) is 15.9 Å². The number of fused-ring (bicyclic) bond motifs is 1. The molecule has 0 aliphatic carbocycles. The summed E-state index contributed by atoms with van der Waals surface area (Å²) < 4.78 is 0. The van der Waals surface area contributed by atoms with Gasteiger partial charge in [0.1, 0.15) is 5.82 Å². The Labute approximate surface area is 167 Å². The van der Waals surface area contributed by atoms with E-state index in [1.165, 1.54) is 0 Å². The van der Waals surface area contributed by atoms with Crippen LogP contribution in [0.2, 0.25) is 0 Å². The quantitative estimate of drug-likeness (QED) is 0.492. The third-order valence-electron chi connectivity index (χ3n) is 4.75. The minimum absolute atomic E-state index is 0.124. The van der Waals surface area contributed by atoms with Gasteiger partial charge in [0, 0.05) is 12.1 Å². The summed E-state index contributed by atoms with van der Waals surface area (Å²) >= 11 is 0. The smallest absolute Gasteiger partial charge is 0.258 e. The van der Waals surface area contributed by atoms with Gasteiger partial charge in [-0.15, -0.1) is 0 Å². The number of aromatic amines is 1. The van der Waals surface area contributed by atoms with Crippen molar-refractivity contribution in [1.82, 2.24) is 15.3 Å². The van der Waals surface area contributed by atoms with Crippen LogP contribution >= 0.6 is 0 Å². The van der Waals surface area contributed by atoms with Gasteiger partial charge < -0.3 is 16.0 Å². The maximum absolute atomic E-state index is 12.8. The maximum Gasteiger partial charge on any atom is 0.258 e. The van der Waals surface area contributed by atoms with E-state index in [0.29, 0.717) is 28.8 Å². The number of aromatic nitrogens is 2. The third-order valence-corrected chi connectivity index (χ3v) is 4.75. The van der Waals surface area contributed by atoms with Crippen LogP contribution in [0.3, 0.4) is 0 Å². The Hall–Kier alpha value is -3.77. The van der Waals surface area contributed by atoms with E-state index in [4.69, 9.17) is 5.73 Å². The molecule has 1 amide bonds. The van der Waals surface area contributed by atoms with Crippen LogP contribution in [0.1, 0.15) is 21.7 Å². The second kappa shape index (κ2) is 8.08. The van der Waals surface area contributed by atoms with Crippen LogP contribution < -0.4 is 16.6 Å². The van der Waals surface area contributed by atoms with Gasteiger partial charge in [-0.1, -0.05) is 54.6 Å². The fourth-order valence-corrected chi connectivity index (χ4v) is 3.23. The minimum atomic E-state index is -0.237. The van der Waals surface area contributed by atoms with Gasteiger partial charge in [-0.25, -0.2) is 4.98 Å². The van der Waals surface area contributed by atoms with Gasteiger partial charge >= 0.3 is 0 Å². The third kappa shape index (κ3) is 3.93. The highest BCUT2D eigenvalue weighted by molar-refractivity contribution is 6.00. The molecule has 6 nitrogen and oxygen atoms in total. The Kier molecular flexibility index (Phi) is 5.18. The predicted molar refractivity (Wildman–Crippen MR) is 113 cm³/mol. The van der Waals surface area contributed by atoms with Gasteiger partial charge in [-0.3, -0.25) is 9.59 Å². The van der Waals surface area contributed by atoms with Gasteiger partial charge in [0.2, 0.25) is 0 Å². The Bertz CT molecular complexity index is 1230. The zero-order valence-corrected chi connectivity index (χ0v) is 15.7. The zero-order chi connectivity index (χ0) is 20.2. The maximum atomic E-state index is 12.8. The number of hydrogen-bond donors (Lipinski definition) is 3. The lowest BCUT2D eigenvalue weighted by atomic mass is 9.98. The molecule has 1 heterocycles. The number of amides is 1. The van der Waals surface area contributed by atoms with Gasteiger partial charge in [-0.2, -0.15) is 0 Å². The molecule has 4 N–H and O–H groups in total. The first-order valence-corrected chi connectivity index (χ1v) is 9.30. The molecule has 0 fully saturated rings. The zero-order valence-electron chi connectivity index (χ0n) is 15.7. The summed E-state index contributed by atoms with van der Waals surface area (Å²) in [4.78, 5) is 32.2. The van der Waals surface area contributed by atoms with Gasteiger partial charge in [0.05, 0.1) is 17.4 Å². The summed E-state index contributed by atoms with van der Waals surface area (Å²) in [5.41, 5.74) is 9.38. The second-order valence-corrected chi connectivity index (χ2v) is 6.66. The molecule has 0 radical (unpaired) electrons. The molecule has 0 saturated carbocycles. The number of para-hydroxylation sites is 1. The molecule has 0 atom stereocenters. The van der Waals surface area contributed by atoms with E-state index in [-0.39, 0.29) is 18.0 Å². The van der Waals surface area contributed by atoms with Gasteiger partial charge in [-0.05, 0) is 34.9 Å². The van der Waals surface area contributed by atoms with E-state index < -0.39 is 0 Å². The minimum Gasteiger partial charge on any atom is -0.345 e. The van der Waals surface area contributed by atoms with Crippen molar-refractivity contribution in [2.75, 3.05) is 0 Å². The molecular formula is C23H20N4O2. The first kappa shape index (κ1) is 18.6. The molecule has 0 unspecified atom stereocenters. The van der Waals surface area contributed by atoms with Crippen LogP contribution in [0, 0.1) is 0 Å². The lowest BCUT2D eigenvalue weighted by Crippen LogP contribution is -2.26. The SMILES string of the molecule is NCc1ccc(-c2ccccc2C(=O)NCc2nc3ccccc3c(=O)[nH]2)cc1. The monoisotopic (exact) mass is 384 g/mol. The first-order chi connectivity index (χ1) is 14.2. The number of carbonyl (C=O) groups excluding carboxylic acids is 1. The summed E-state index contributed by atoms with van der Waals surface area (Å²) in [6.07, 6.45) is 0. The number of nitrogens with zero attached hydrogens (tertiary/aromatic N) is 1. The van der Waals surface area contributed by atoms with Crippen LogP contribution in [-0.2, 0) is 13.1 Å². The fraction of sp³-hybridized carbons (Fsp3) is 0.0870. The molecule has 0 saturated heterocycles. The van der Waals surface area contributed by atoms with Crippen molar-refractivity contribution in [3.05, 3.63) is 100 Å². The molecule has 1 aromatic heterocycles. The molecular weight excluding hydrogens is 364 g/mol. The molecule has 3 aromatic carbocycles.